The number of hydrogen-bond acceptors (Lipinski definition) is 4. The largest absolute Gasteiger partial charge is 0.398 e. The van der Waals surface area contributed by atoms with Crippen LogP contribution in [0.5, 0.6) is 0 Å². The number of hydrogen-bond donors (Lipinski definition) is 2. The number of benzene rings is 4. The Balaban J connectivity index is 2.45. The summed E-state index contributed by atoms with van der Waals surface area (Å²) in [4.78, 5) is 11.1. The van der Waals surface area contributed by atoms with Crippen LogP contribution in [-0.2, 0) is 0 Å². The van der Waals surface area contributed by atoms with Crippen molar-refractivity contribution in [1.29, 1.82) is 0 Å². The van der Waals surface area contributed by atoms with Gasteiger partial charge >= 0.3 is 0 Å². The molecule has 4 rings (SSSR count). The van der Waals surface area contributed by atoms with E-state index in [1.165, 1.54) is 0 Å². The van der Waals surface area contributed by atoms with Gasteiger partial charge < -0.3 is 11.5 Å². The van der Waals surface area contributed by atoms with Crippen molar-refractivity contribution >= 4 is 49.4 Å². The lowest BCUT2D eigenvalue weighted by Gasteiger charge is -2.15. The lowest BCUT2D eigenvalue weighted by atomic mass is 9.90. The summed E-state index contributed by atoms with van der Waals surface area (Å²) in [5.74, 6) is 0. The van der Waals surface area contributed by atoms with Gasteiger partial charge in [0.15, 0.2) is 0 Å². The fourth-order valence-electron chi connectivity index (χ4n) is 3.28. The molecule has 4 heteroatoms. The molecule has 0 heterocycles. The average Bonchev–Trinajstić information content (AvgIpc) is 2.48. The van der Waals surface area contributed by atoms with Crippen LogP contribution in [0.4, 0.5) is 17.1 Å². The molecular formula is C17H13N3O. The minimum atomic E-state index is 0.454. The van der Waals surface area contributed by atoms with Gasteiger partial charge in [-0.2, -0.15) is 0 Å². The van der Waals surface area contributed by atoms with Crippen molar-refractivity contribution in [2.45, 2.75) is 6.92 Å². The van der Waals surface area contributed by atoms with Gasteiger partial charge in [0.1, 0.15) is 5.69 Å². The molecule has 21 heavy (non-hydrogen) atoms. The molecule has 0 saturated carbocycles. The molecule has 0 atom stereocenters. The smallest absolute Gasteiger partial charge is 0.116 e. The van der Waals surface area contributed by atoms with Crippen LogP contribution in [0.1, 0.15) is 5.56 Å². The second kappa shape index (κ2) is 3.82. The maximum Gasteiger partial charge on any atom is 0.116 e. The van der Waals surface area contributed by atoms with E-state index in [0.29, 0.717) is 17.1 Å². The van der Waals surface area contributed by atoms with Crippen molar-refractivity contribution in [2.75, 3.05) is 11.5 Å². The van der Waals surface area contributed by atoms with Crippen LogP contribution in [-0.4, -0.2) is 0 Å². The highest BCUT2D eigenvalue weighted by Gasteiger charge is 2.15. The molecule has 102 valence electrons. The lowest BCUT2D eigenvalue weighted by Crippen LogP contribution is -1.95. The molecule has 0 unspecified atom stereocenters. The lowest BCUT2D eigenvalue weighted by molar-refractivity contribution is 1.48. The first-order chi connectivity index (χ1) is 10.1. The minimum absolute atomic E-state index is 0.454. The molecule has 0 radical (unpaired) electrons. The number of nitrogen functional groups attached to an aromatic ring is 2. The standard InChI is InChI=1S/C17H13N3O/c1-8-6-15(20-21)12-5-4-11-14(19)7-13(18)10-3-2-9(8)16(12)17(10)11/h2-7H,18-19H2,1H3. The maximum atomic E-state index is 11.1. The van der Waals surface area contributed by atoms with Gasteiger partial charge in [0.05, 0.1) is 0 Å². The van der Waals surface area contributed by atoms with Crippen LogP contribution in [0, 0.1) is 11.8 Å². The predicted molar refractivity (Wildman–Crippen MR) is 89.2 cm³/mol. The zero-order chi connectivity index (χ0) is 14.7. The summed E-state index contributed by atoms with van der Waals surface area (Å²) in [5, 5.41) is 9.05. The van der Waals surface area contributed by atoms with Crippen molar-refractivity contribution < 1.29 is 0 Å². The minimum Gasteiger partial charge on any atom is -0.398 e. The Morgan fingerprint density at radius 3 is 1.95 bits per heavy atom. The zero-order valence-electron chi connectivity index (χ0n) is 11.5. The van der Waals surface area contributed by atoms with Crippen molar-refractivity contribution in [3.63, 3.8) is 0 Å². The van der Waals surface area contributed by atoms with E-state index in [-0.39, 0.29) is 0 Å². The molecular weight excluding hydrogens is 262 g/mol. The summed E-state index contributed by atoms with van der Waals surface area (Å²) >= 11 is 0. The van der Waals surface area contributed by atoms with Crippen LogP contribution < -0.4 is 11.5 Å². The topological polar surface area (TPSA) is 81.5 Å². The van der Waals surface area contributed by atoms with Crippen molar-refractivity contribution in [3.8, 4) is 0 Å². The Bertz CT molecular complexity index is 1020. The predicted octanol–water partition coefficient (Wildman–Crippen LogP) is 4.45. The Morgan fingerprint density at radius 2 is 1.33 bits per heavy atom. The molecule has 0 aliphatic carbocycles. The van der Waals surface area contributed by atoms with Gasteiger partial charge in [-0.25, -0.2) is 0 Å². The molecule has 0 saturated heterocycles. The highest BCUT2D eigenvalue weighted by atomic mass is 16.3. The Hall–Kier alpha value is -2.88. The number of nitrogens with zero attached hydrogens (tertiary/aromatic N) is 1. The highest BCUT2D eigenvalue weighted by Crippen LogP contribution is 2.43. The number of nitrogens with two attached hydrogens (primary N) is 2. The quantitative estimate of drug-likeness (QED) is 0.306. The third-order valence-corrected chi connectivity index (χ3v) is 4.25. The van der Waals surface area contributed by atoms with Crippen molar-refractivity contribution in [3.05, 3.63) is 46.9 Å². The SMILES string of the molecule is Cc1cc(N=O)c2ccc3c(N)cc(N)c4ccc1c2c43. The first-order valence-corrected chi connectivity index (χ1v) is 6.71. The van der Waals surface area contributed by atoms with Crippen LogP contribution >= 0.6 is 0 Å². The Morgan fingerprint density at radius 1 is 0.810 bits per heavy atom. The van der Waals surface area contributed by atoms with E-state index in [9.17, 15) is 4.91 Å². The van der Waals surface area contributed by atoms with Gasteiger partial charge in [0.2, 0.25) is 0 Å². The Kier molecular flexibility index (Phi) is 2.17. The molecule has 0 fully saturated rings. The first kappa shape index (κ1) is 11.9. The van der Waals surface area contributed by atoms with Crippen molar-refractivity contribution in [1.82, 2.24) is 0 Å². The summed E-state index contributed by atoms with van der Waals surface area (Å²) in [7, 11) is 0. The summed E-state index contributed by atoms with van der Waals surface area (Å²) in [6.07, 6.45) is 0. The van der Waals surface area contributed by atoms with E-state index in [1.807, 2.05) is 37.3 Å². The van der Waals surface area contributed by atoms with Gasteiger partial charge in [-0.1, -0.05) is 24.3 Å². The van der Waals surface area contributed by atoms with Crippen LogP contribution in [0.25, 0.3) is 32.3 Å². The monoisotopic (exact) mass is 275 g/mol. The highest BCUT2D eigenvalue weighted by molar-refractivity contribution is 6.29. The maximum absolute atomic E-state index is 11.1. The Labute approximate surface area is 120 Å². The molecule has 0 spiro atoms. The van der Waals surface area contributed by atoms with E-state index >= 15 is 0 Å². The van der Waals surface area contributed by atoms with Crippen LogP contribution in [0.15, 0.2) is 41.6 Å². The van der Waals surface area contributed by atoms with Gasteiger partial charge in [-0.3, -0.25) is 0 Å². The molecule has 0 amide bonds. The summed E-state index contributed by atoms with van der Waals surface area (Å²) < 4.78 is 0. The summed E-state index contributed by atoms with van der Waals surface area (Å²) in [5.41, 5.74) is 15.0. The van der Waals surface area contributed by atoms with Gasteiger partial charge in [-0.15, -0.1) is 4.91 Å². The van der Waals surface area contributed by atoms with E-state index in [4.69, 9.17) is 11.5 Å². The fraction of sp³-hybridized carbons (Fsp3) is 0.0588. The van der Waals surface area contributed by atoms with Crippen molar-refractivity contribution in [2.24, 2.45) is 5.18 Å². The van der Waals surface area contributed by atoms with Gasteiger partial charge in [0.25, 0.3) is 0 Å². The van der Waals surface area contributed by atoms with E-state index in [0.717, 1.165) is 37.9 Å². The number of anilines is 2. The molecule has 0 aliphatic heterocycles. The number of aryl methyl sites for hydroxylation is 1. The first-order valence-electron chi connectivity index (χ1n) is 6.71. The van der Waals surface area contributed by atoms with E-state index in [2.05, 4.69) is 5.18 Å². The number of rotatable bonds is 1. The second-order valence-electron chi connectivity index (χ2n) is 5.43. The second-order valence-corrected chi connectivity index (χ2v) is 5.43. The molecule has 0 bridgehead atoms. The molecule has 4 aromatic carbocycles. The number of nitroso groups, excluding NO2 is 1. The van der Waals surface area contributed by atoms with Gasteiger partial charge in [-0.05, 0) is 35.2 Å². The van der Waals surface area contributed by atoms with E-state index in [1.54, 1.807) is 6.07 Å². The molecule has 0 aliphatic rings. The molecule has 4 N–H and O–H groups in total. The zero-order valence-corrected chi connectivity index (χ0v) is 11.5. The van der Waals surface area contributed by atoms with Crippen LogP contribution in [0.2, 0.25) is 0 Å². The third kappa shape index (κ3) is 1.39. The summed E-state index contributed by atoms with van der Waals surface area (Å²) in [6, 6.07) is 11.5. The normalized spacial score (nSPS) is 11.7. The molecule has 4 aromatic rings. The summed E-state index contributed by atoms with van der Waals surface area (Å²) in [6.45, 7) is 1.98. The van der Waals surface area contributed by atoms with Crippen LogP contribution in [0.3, 0.4) is 0 Å². The molecule has 4 nitrogen and oxygen atoms in total. The average molecular weight is 275 g/mol. The van der Waals surface area contributed by atoms with E-state index < -0.39 is 0 Å². The third-order valence-electron chi connectivity index (χ3n) is 4.25. The van der Waals surface area contributed by atoms with Gasteiger partial charge in [0, 0.05) is 38.3 Å². The molecule has 0 aromatic heterocycles. The fourth-order valence-corrected chi connectivity index (χ4v) is 3.28.